The Kier molecular flexibility index (Phi) is 4.59. The molecule has 0 aliphatic carbocycles. The standard InChI is InChI=1S/C16H16BrFO/c1-11-3-6-13(10-16(11)19-2)15(17)9-12-4-7-14(18)8-5-12/h3-8,10,15H,9H2,1-2H3. The van der Waals surface area contributed by atoms with Crippen molar-refractivity contribution in [3.05, 3.63) is 65.0 Å². The van der Waals surface area contributed by atoms with Crippen LogP contribution in [0.4, 0.5) is 4.39 Å². The summed E-state index contributed by atoms with van der Waals surface area (Å²) in [4.78, 5) is 0.187. The van der Waals surface area contributed by atoms with Gasteiger partial charge in [0.25, 0.3) is 0 Å². The Hall–Kier alpha value is -1.35. The minimum absolute atomic E-state index is 0.187. The lowest BCUT2D eigenvalue weighted by atomic mass is 10.0. The molecule has 19 heavy (non-hydrogen) atoms. The molecule has 0 bridgehead atoms. The van der Waals surface area contributed by atoms with E-state index in [9.17, 15) is 4.39 Å². The highest BCUT2D eigenvalue weighted by Gasteiger charge is 2.10. The highest BCUT2D eigenvalue weighted by molar-refractivity contribution is 9.09. The van der Waals surface area contributed by atoms with Gasteiger partial charge in [0.15, 0.2) is 0 Å². The molecule has 1 atom stereocenters. The van der Waals surface area contributed by atoms with Crippen molar-refractivity contribution in [2.75, 3.05) is 7.11 Å². The van der Waals surface area contributed by atoms with Gasteiger partial charge in [-0.05, 0) is 48.2 Å². The number of hydrogen-bond acceptors (Lipinski definition) is 1. The number of halogens is 2. The second-order valence-corrected chi connectivity index (χ2v) is 5.63. The van der Waals surface area contributed by atoms with E-state index in [0.717, 1.165) is 28.9 Å². The van der Waals surface area contributed by atoms with Gasteiger partial charge < -0.3 is 4.74 Å². The number of rotatable bonds is 4. The highest BCUT2D eigenvalue weighted by atomic mass is 79.9. The Morgan fingerprint density at radius 1 is 1.16 bits per heavy atom. The summed E-state index contributed by atoms with van der Waals surface area (Å²) in [7, 11) is 1.68. The van der Waals surface area contributed by atoms with Gasteiger partial charge in [-0.3, -0.25) is 0 Å². The molecule has 0 fully saturated rings. The number of ether oxygens (including phenoxy) is 1. The first kappa shape index (κ1) is 14.1. The molecule has 1 nitrogen and oxygen atoms in total. The fraction of sp³-hybridized carbons (Fsp3) is 0.250. The van der Waals surface area contributed by atoms with Gasteiger partial charge in [-0.2, -0.15) is 0 Å². The van der Waals surface area contributed by atoms with Crippen LogP contribution < -0.4 is 4.74 Å². The molecular weight excluding hydrogens is 307 g/mol. The molecule has 0 aliphatic rings. The van der Waals surface area contributed by atoms with Gasteiger partial charge in [-0.1, -0.05) is 40.2 Å². The lowest BCUT2D eigenvalue weighted by Gasteiger charge is -2.13. The minimum Gasteiger partial charge on any atom is -0.496 e. The van der Waals surface area contributed by atoms with Gasteiger partial charge >= 0.3 is 0 Å². The minimum atomic E-state index is -0.202. The largest absolute Gasteiger partial charge is 0.496 e. The summed E-state index contributed by atoms with van der Waals surface area (Å²) in [6, 6.07) is 12.8. The van der Waals surface area contributed by atoms with Crippen LogP contribution in [0.3, 0.4) is 0 Å². The van der Waals surface area contributed by atoms with Crippen LogP contribution in [0.2, 0.25) is 0 Å². The molecule has 2 aromatic rings. The average Bonchev–Trinajstić information content (AvgIpc) is 2.42. The molecule has 2 aromatic carbocycles. The zero-order valence-corrected chi connectivity index (χ0v) is 12.6. The summed E-state index contributed by atoms with van der Waals surface area (Å²) >= 11 is 3.68. The van der Waals surface area contributed by atoms with Crippen molar-refractivity contribution in [3.63, 3.8) is 0 Å². The Balaban J connectivity index is 2.15. The summed E-state index contributed by atoms with van der Waals surface area (Å²) in [5, 5.41) is 0. The normalized spacial score (nSPS) is 12.2. The third-order valence-electron chi connectivity index (χ3n) is 3.12. The van der Waals surface area contributed by atoms with Crippen molar-refractivity contribution in [3.8, 4) is 5.75 Å². The van der Waals surface area contributed by atoms with E-state index in [1.807, 2.05) is 31.2 Å². The van der Waals surface area contributed by atoms with Gasteiger partial charge in [-0.25, -0.2) is 4.39 Å². The maximum Gasteiger partial charge on any atom is 0.123 e. The predicted octanol–water partition coefficient (Wildman–Crippen LogP) is 4.82. The molecule has 0 spiro atoms. The summed E-state index contributed by atoms with van der Waals surface area (Å²) in [5.41, 5.74) is 3.38. The van der Waals surface area contributed by atoms with Gasteiger partial charge in [0.2, 0.25) is 0 Å². The summed E-state index contributed by atoms with van der Waals surface area (Å²) < 4.78 is 18.2. The maximum absolute atomic E-state index is 12.9. The molecule has 0 aromatic heterocycles. The van der Waals surface area contributed by atoms with E-state index in [1.54, 1.807) is 7.11 Å². The lowest BCUT2D eigenvalue weighted by molar-refractivity contribution is 0.411. The number of alkyl halides is 1. The molecule has 0 saturated heterocycles. The summed E-state index contributed by atoms with van der Waals surface area (Å²) in [6.07, 6.45) is 0.812. The second kappa shape index (κ2) is 6.20. The molecule has 100 valence electrons. The molecule has 0 saturated carbocycles. The number of methoxy groups -OCH3 is 1. The Morgan fingerprint density at radius 2 is 1.84 bits per heavy atom. The molecule has 1 unspecified atom stereocenters. The van der Waals surface area contributed by atoms with Crippen LogP contribution in [0.5, 0.6) is 5.75 Å². The van der Waals surface area contributed by atoms with Gasteiger partial charge in [0, 0.05) is 4.83 Å². The van der Waals surface area contributed by atoms with Gasteiger partial charge in [0.1, 0.15) is 11.6 Å². The van der Waals surface area contributed by atoms with E-state index in [1.165, 1.54) is 12.1 Å². The third kappa shape index (κ3) is 3.57. The fourth-order valence-corrected chi connectivity index (χ4v) is 2.64. The molecular formula is C16H16BrFO. The molecule has 0 radical (unpaired) electrons. The summed E-state index contributed by atoms with van der Waals surface area (Å²) in [6.45, 7) is 2.02. The lowest BCUT2D eigenvalue weighted by Crippen LogP contribution is -1.97. The van der Waals surface area contributed by atoms with Crippen molar-refractivity contribution in [1.29, 1.82) is 0 Å². The molecule has 0 heterocycles. The molecule has 0 amide bonds. The van der Waals surface area contributed by atoms with Crippen LogP contribution in [0, 0.1) is 12.7 Å². The van der Waals surface area contributed by atoms with Gasteiger partial charge in [0.05, 0.1) is 7.11 Å². The van der Waals surface area contributed by atoms with Crippen molar-refractivity contribution >= 4 is 15.9 Å². The van der Waals surface area contributed by atoms with Crippen molar-refractivity contribution in [2.24, 2.45) is 0 Å². The van der Waals surface area contributed by atoms with E-state index in [-0.39, 0.29) is 10.6 Å². The smallest absolute Gasteiger partial charge is 0.123 e. The summed E-state index contributed by atoms with van der Waals surface area (Å²) in [5.74, 6) is 0.688. The Morgan fingerprint density at radius 3 is 2.47 bits per heavy atom. The van der Waals surface area contributed by atoms with Gasteiger partial charge in [-0.15, -0.1) is 0 Å². The van der Waals surface area contributed by atoms with Crippen LogP contribution in [0.15, 0.2) is 42.5 Å². The number of aryl methyl sites for hydroxylation is 1. The van der Waals surface area contributed by atoms with Crippen LogP contribution in [0.25, 0.3) is 0 Å². The first-order valence-electron chi connectivity index (χ1n) is 6.13. The topological polar surface area (TPSA) is 9.23 Å². The Bertz CT molecular complexity index is 551. The fourth-order valence-electron chi connectivity index (χ4n) is 1.98. The first-order valence-corrected chi connectivity index (χ1v) is 7.05. The van der Waals surface area contributed by atoms with E-state index < -0.39 is 0 Å². The van der Waals surface area contributed by atoms with E-state index in [2.05, 4.69) is 22.0 Å². The molecule has 2 rings (SSSR count). The molecule has 0 N–H and O–H groups in total. The van der Waals surface area contributed by atoms with Crippen LogP contribution >= 0.6 is 15.9 Å². The monoisotopic (exact) mass is 322 g/mol. The third-order valence-corrected chi connectivity index (χ3v) is 3.97. The number of benzene rings is 2. The SMILES string of the molecule is COc1cc(C(Br)Cc2ccc(F)cc2)ccc1C. The number of hydrogen-bond donors (Lipinski definition) is 0. The second-order valence-electron chi connectivity index (χ2n) is 4.53. The highest BCUT2D eigenvalue weighted by Crippen LogP contribution is 2.31. The molecule has 0 aliphatic heterocycles. The van der Waals surface area contributed by atoms with E-state index in [0.29, 0.717) is 0 Å². The maximum atomic E-state index is 12.9. The quantitative estimate of drug-likeness (QED) is 0.733. The van der Waals surface area contributed by atoms with Crippen molar-refractivity contribution < 1.29 is 9.13 Å². The Labute approximate surface area is 121 Å². The van der Waals surface area contributed by atoms with Crippen LogP contribution in [0.1, 0.15) is 21.5 Å². The zero-order valence-electron chi connectivity index (χ0n) is 11.0. The average molecular weight is 323 g/mol. The van der Waals surface area contributed by atoms with E-state index >= 15 is 0 Å². The van der Waals surface area contributed by atoms with Crippen molar-refractivity contribution in [2.45, 2.75) is 18.2 Å². The first-order chi connectivity index (χ1) is 9.10. The predicted molar refractivity (Wildman–Crippen MR) is 79.5 cm³/mol. The van der Waals surface area contributed by atoms with Crippen molar-refractivity contribution in [1.82, 2.24) is 0 Å². The molecule has 3 heteroatoms. The van der Waals surface area contributed by atoms with Crippen LogP contribution in [-0.4, -0.2) is 7.11 Å². The zero-order chi connectivity index (χ0) is 13.8. The van der Waals surface area contributed by atoms with E-state index in [4.69, 9.17) is 4.74 Å². The van der Waals surface area contributed by atoms with Crippen LogP contribution in [-0.2, 0) is 6.42 Å².